The van der Waals surface area contributed by atoms with Gasteiger partial charge in [0.05, 0.1) is 0 Å². The fourth-order valence-electron chi connectivity index (χ4n) is 3.55. The van der Waals surface area contributed by atoms with Crippen LogP contribution in [0.5, 0.6) is 0 Å². The van der Waals surface area contributed by atoms with Crippen LogP contribution in [0, 0.1) is 17.6 Å². The standard InChI is InChI=1S/C21H17F2NO.C5H12N2.C3H8/c1-2-24-21(25)18-12-16(14-3-7-19(22)8-4-14)11-17(13-18)15-5-9-20(23)10-6-15;6-3-5-1-2-7-4-5;1-3-2/h3-13H,2H2,1H3,(H,24,25);5,7H,1-4,6H2;3H2,1-2H3/t;5-;/m.1./s1. The van der Waals surface area contributed by atoms with Gasteiger partial charge in [0.2, 0.25) is 0 Å². The second-order valence-electron chi connectivity index (χ2n) is 8.47. The van der Waals surface area contributed by atoms with Crippen molar-refractivity contribution in [2.45, 2.75) is 33.6 Å². The molecule has 1 amide bonds. The molecule has 1 saturated heterocycles. The number of hydrogen-bond donors (Lipinski definition) is 3. The molecule has 1 atom stereocenters. The van der Waals surface area contributed by atoms with Crippen LogP contribution in [0.1, 0.15) is 44.0 Å². The highest BCUT2D eigenvalue weighted by Crippen LogP contribution is 2.29. The number of benzene rings is 3. The van der Waals surface area contributed by atoms with E-state index < -0.39 is 0 Å². The van der Waals surface area contributed by atoms with Gasteiger partial charge >= 0.3 is 0 Å². The van der Waals surface area contributed by atoms with E-state index in [2.05, 4.69) is 24.5 Å². The molecule has 0 unspecified atom stereocenters. The van der Waals surface area contributed by atoms with E-state index in [0.717, 1.165) is 41.3 Å². The van der Waals surface area contributed by atoms with Gasteiger partial charge < -0.3 is 16.4 Å². The Morgan fingerprint density at radius 3 is 1.71 bits per heavy atom. The van der Waals surface area contributed by atoms with E-state index in [4.69, 9.17) is 5.73 Å². The van der Waals surface area contributed by atoms with Gasteiger partial charge in [0.15, 0.2) is 0 Å². The van der Waals surface area contributed by atoms with E-state index >= 15 is 0 Å². The van der Waals surface area contributed by atoms with Gasteiger partial charge in [0.25, 0.3) is 5.91 Å². The molecule has 1 heterocycles. The van der Waals surface area contributed by atoms with Crippen molar-refractivity contribution in [1.29, 1.82) is 0 Å². The summed E-state index contributed by atoms with van der Waals surface area (Å²) in [7, 11) is 0. The highest BCUT2D eigenvalue weighted by Gasteiger charge is 2.11. The van der Waals surface area contributed by atoms with Crippen molar-refractivity contribution in [3.8, 4) is 22.3 Å². The normalized spacial score (nSPS) is 14.3. The molecule has 0 spiro atoms. The van der Waals surface area contributed by atoms with Crippen molar-refractivity contribution in [3.63, 3.8) is 0 Å². The molecule has 3 aromatic rings. The van der Waals surface area contributed by atoms with Crippen LogP contribution in [0.4, 0.5) is 8.78 Å². The minimum Gasteiger partial charge on any atom is -0.352 e. The molecule has 0 radical (unpaired) electrons. The van der Waals surface area contributed by atoms with Gasteiger partial charge in [-0.15, -0.1) is 0 Å². The summed E-state index contributed by atoms with van der Waals surface area (Å²) in [6.45, 7) is 9.78. The van der Waals surface area contributed by atoms with Crippen LogP contribution >= 0.6 is 0 Å². The lowest BCUT2D eigenvalue weighted by Gasteiger charge is -2.11. The summed E-state index contributed by atoms with van der Waals surface area (Å²) in [6, 6.07) is 17.6. The summed E-state index contributed by atoms with van der Waals surface area (Å²) in [5, 5.41) is 6.02. The van der Waals surface area contributed by atoms with Crippen LogP contribution < -0.4 is 16.4 Å². The zero-order valence-electron chi connectivity index (χ0n) is 20.9. The molecule has 4 rings (SSSR count). The van der Waals surface area contributed by atoms with Gasteiger partial charge in [-0.3, -0.25) is 4.79 Å². The molecule has 6 heteroatoms. The Labute approximate surface area is 207 Å². The quantitative estimate of drug-likeness (QED) is 0.417. The number of carbonyl (C=O) groups excluding carboxylic acids is 1. The van der Waals surface area contributed by atoms with Gasteiger partial charge in [-0.05, 0) is 104 Å². The number of hydrogen-bond acceptors (Lipinski definition) is 3. The molecule has 0 saturated carbocycles. The number of amides is 1. The van der Waals surface area contributed by atoms with Crippen molar-refractivity contribution in [3.05, 3.63) is 83.9 Å². The van der Waals surface area contributed by atoms with Crippen molar-refractivity contribution in [1.82, 2.24) is 10.6 Å². The molecule has 0 aromatic heterocycles. The maximum atomic E-state index is 13.2. The van der Waals surface area contributed by atoms with Crippen molar-refractivity contribution < 1.29 is 13.6 Å². The Bertz CT molecular complexity index is 967. The monoisotopic (exact) mass is 481 g/mol. The van der Waals surface area contributed by atoms with E-state index in [1.165, 1.54) is 43.7 Å². The average Bonchev–Trinajstić information content (AvgIpc) is 3.40. The molecule has 0 bridgehead atoms. The third-order valence-electron chi connectivity index (χ3n) is 5.38. The van der Waals surface area contributed by atoms with Crippen molar-refractivity contribution in [2.75, 3.05) is 26.2 Å². The Kier molecular flexibility index (Phi) is 12.1. The molecular weight excluding hydrogens is 444 g/mol. The molecule has 1 aliphatic heterocycles. The first-order chi connectivity index (χ1) is 16.9. The highest BCUT2D eigenvalue weighted by atomic mass is 19.1. The van der Waals surface area contributed by atoms with Crippen LogP contribution in [0.2, 0.25) is 0 Å². The van der Waals surface area contributed by atoms with Gasteiger partial charge in [0, 0.05) is 12.1 Å². The number of carbonyl (C=O) groups is 1. The topological polar surface area (TPSA) is 67.2 Å². The second-order valence-corrected chi connectivity index (χ2v) is 8.47. The molecule has 3 aromatic carbocycles. The van der Waals surface area contributed by atoms with Gasteiger partial charge in [-0.2, -0.15) is 0 Å². The number of halogens is 2. The van der Waals surface area contributed by atoms with E-state index in [0.29, 0.717) is 12.1 Å². The molecule has 1 aliphatic rings. The maximum absolute atomic E-state index is 13.2. The van der Waals surface area contributed by atoms with Crippen LogP contribution in [0.15, 0.2) is 66.7 Å². The van der Waals surface area contributed by atoms with Crippen LogP contribution in [0.25, 0.3) is 22.3 Å². The molecule has 35 heavy (non-hydrogen) atoms. The van der Waals surface area contributed by atoms with Crippen LogP contribution in [-0.2, 0) is 0 Å². The second kappa shape index (κ2) is 15.0. The molecular formula is C29H37F2N3O. The Morgan fingerprint density at radius 2 is 1.37 bits per heavy atom. The van der Waals surface area contributed by atoms with Gasteiger partial charge in [0.1, 0.15) is 11.6 Å². The zero-order chi connectivity index (χ0) is 25.6. The first-order valence-electron chi connectivity index (χ1n) is 12.3. The number of rotatable bonds is 5. The van der Waals surface area contributed by atoms with E-state index in [1.807, 2.05) is 13.0 Å². The summed E-state index contributed by atoms with van der Waals surface area (Å²) in [5.74, 6) is -0.0559. The van der Waals surface area contributed by atoms with Gasteiger partial charge in [-0.25, -0.2) is 8.78 Å². The predicted octanol–water partition coefficient (Wildman–Crippen LogP) is 6.02. The van der Waals surface area contributed by atoms with Crippen LogP contribution in [-0.4, -0.2) is 32.1 Å². The fraction of sp³-hybridized carbons (Fsp3) is 0.345. The number of nitrogens with two attached hydrogens (primary N) is 1. The highest BCUT2D eigenvalue weighted by molar-refractivity contribution is 5.97. The minimum atomic E-state index is -0.317. The minimum absolute atomic E-state index is 0.185. The van der Waals surface area contributed by atoms with Crippen molar-refractivity contribution >= 4 is 5.91 Å². The van der Waals surface area contributed by atoms with Crippen LogP contribution in [0.3, 0.4) is 0 Å². The Hall–Kier alpha value is -3.09. The summed E-state index contributed by atoms with van der Waals surface area (Å²) in [6.07, 6.45) is 2.52. The fourth-order valence-corrected chi connectivity index (χ4v) is 3.55. The summed E-state index contributed by atoms with van der Waals surface area (Å²) >= 11 is 0. The maximum Gasteiger partial charge on any atom is 0.251 e. The molecule has 188 valence electrons. The Morgan fingerprint density at radius 1 is 0.886 bits per heavy atom. The lowest BCUT2D eigenvalue weighted by molar-refractivity contribution is 0.0956. The summed E-state index contributed by atoms with van der Waals surface area (Å²) in [5.41, 5.74) is 9.09. The molecule has 0 aliphatic carbocycles. The largest absolute Gasteiger partial charge is 0.352 e. The SMILES string of the molecule is CCC.CCNC(=O)c1cc(-c2ccc(F)cc2)cc(-c2ccc(F)cc2)c1.NC[C@H]1CCNC1. The predicted molar refractivity (Wildman–Crippen MR) is 141 cm³/mol. The first-order valence-corrected chi connectivity index (χ1v) is 12.3. The average molecular weight is 482 g/mol. The van der Waals surface area contributed by atoms with Crippen molar-refractivity contribution in [2.24, 2.45) is 11.7 Å². The van der Waals surface area contributed by atoms with E-state index in [1.54, 1.807) is 36.4 Å². The molecule has 4 N–H and O–H groups in total. The molecule has 4 nitrogen and oxygen atoms in total. The molecule has 1 fully saturated rings. The zero-order valence-corrected chi connectivity index (χ0v) is 20.9. The number of nitrogens with one attached hydrogen (secondary N) is 2. The third kappa shape index (κ3) is 9.23. The smallest absolute Gasteiger partial charge is 0.251 e. The summed E-state index contributed by atoms with van der Waals surface area (Å²) in [4.78, 5) is 12.3. The Balaban J connectivity index is 0.000000361. The van der Waals surface area contributed by atoms with E-state index in [9.17, 15) is 13.6 Å². The third-order valence-corrected chi connectivity index (χ3v) is 5.38. The van der Waals surface area contributed by atoms with Gasteiger partial charge in [-0.1, -0.05) is 44.5 Å². The lowest BCUT2D eigenvalue weighted by Crippen LogP contribution is -2.22. The summed E-state index contributed by atoms with van der Waals surface area (Å²) < 4.78 is 26.4. The first kappa shape index (κ1) is 28.1. The lowest BCUT2D eigenvalue weighted by atomic mass is 9.96. The van der Waals surface area contributed by atoms with E-state index in [-0.39, 0.29) is 17.5 Å².